The van der Waals surface area contributed by atoms with Crippen LogP contribution in [-0.4, -0.2) is 9.55 Å². The molecule has 3 nitrogen and oxygen atoms in total. The van der Waals surface area contributed by atoms with Crippen molar-refractivity contribution in [2.45, 2.75) is 6.92 Å². The summed E-state index contributed by atoms with van der Waals surface area (Å²) in [5, 5.41) is 0.957. The SMILES string of the molecule is CC#Cc1c(Cl)ccc2ncn(C)c(=O)c12. The number of nitrogens with zero attached hydrogens (tertiary/aromatic N) is 2. The van der Waals surface area contributed by atoms with E-state index in [2.05, 4.69) is 16.8 Å². The van der Waals surface area contributed by atoms with Crippen molar-refractivity contribution in [1.29, 1.82) is 0 Å². The van der Waals surface area contributed by atoms with Crippen molar-refractivity contribution in [3.05, 3.63) is 39.4 Å². The molecule has 0 N–H and O–H groups in total. The van der Waals surface area contributed by atoms with Crippen LogP contribution in [0, 0.1) is 11.8 Å². The van der Waals surface area contributed by atoms with Crippen LogP contribution >= 0.6 is 11.6 Å². The molecule has 0 aliphatic heterocycles. The van der Waals surface area contributed by atoms with E-state index in [9.17, 15) is 4.79 Å². The minimum atomic E-state index is -0.134. The number of aromatic nitrogens is 2. The third-order valence-electron chi connectivity index (χ3n) is 2.29. The smallest absolute Gasteiger partial charge is 0.262 e. The maximum absolute atomic E-state index is 12.0. The van der Waals surface area contributed by atoms with Crippen molar-refractivity contribution in [2.75, 3.05) is 0 Å². The fourth-order valence-corrected chi connectivity index (χ4v) is 1.72. The molecular weight excluding hydrogens is 224 g/mol. The number of halogens is 1. The second-order valence-corrected chi connectivity index (χ2v) is 3.76. The Balaban J connectivity index is 3.05. The Labute approximate surface area is 97.7 Å². The minimum absolute atomic E-state index is 0.134. The van der Waals surface area contributed by atoms with Crippen LogP contribution in [0.15, 0.2) is 23.3 Å². The lowest BCUT2D eigenvalue weighted by Gasteiger charge is -2.03. The first-order valence-corrected chi connectivity index (χ1v) is 5.09. The topological polar surface area (TPSA) is 34.9 Å². The Hall–Kier alpha value is -1.79. The van der Waals surface area contributed by atoms with Gasteiger partial charge in [0.15, 0.2) is 0 Å². The Morgan fingerprint density at radius 2 is 2.19 bits per heavy atom. The average Bonchev–Trinajstić information content (AvgIpc) is 2.27. The molecule has 4 heteroatoms. The average molecular weight is 233 g/mol. The van der Waals surface area contributed by atoms with Crippen LogP contribution < -0.4 is 5.56 Å². The number of rotatable bonds is 0. The molecule has 1 aromatic carbocycles. The summed E-state index contributed by atoms with van der Waals surface area (Å²) < 4.78 is 1.42. The first-order chi connectivity index (χ1) is 7.65. The molecule has 2 aromatic rings. The van der Waals surface area contributed by atoms with Gasteiger partial charge >= 0.3 is 0 Å². The van der Waals surface area contributed by atoms with Crippen molar-refractivity contribution >= 4 is 22.5 Å². The van der Waals surface area contributed by atoms with Crippen LogP contribution in [0.5, 0.6) is 0 Å². The first-order valence-electron chi connectivity index (χ1n) is 4.71. The summed E-state index contributed by atoms with van der Waals surface area (Å²) in [6, 6.07) is 3.43. The predicted molar refractivity (Wildman–Crippen MR) is 64.5 cm³/mol. The maximum Gasteiger partial charge on any atom is 0.262 e. The standard InChI is InChI=1S/C12H9ClN2O/c1-3-4-8-9(13)5-6-10-11(8)12(16)15(2)7-14-10/h5-7H,1-2H3. The number of fused-ring (bicyclic) bond motifs is 1. The number of hydrogen-bond donors (Lipinski definition) is 0. The third kappa shape index (κ3) is 1.58. The van der Waals surface area contributed by atoms with Crippen LogP contribution in [0.2, 0.25) is 5.02 Å². The lowest BCUT2D eigenvalue weighted by molar-refractivity contribution is 0.842. The first kappa shape index (κ1) is 10.7. The van der Waals surface area contributed by atoms with Gasteiger partial charge in [0.25, 0.3) is 5.56 Å². The second-order valence-electron chi connectivity index (χ2n) is 3.35. The van der Waals surface area contributed by atoms with Crippen LogP contribution in [0.1, 0.15) is 12.5 Å². The van der Waals surface area contributed by atoms with Crippen molar-refractivity contribution in [1.82, 2.24) is 9.55 Å². The Kier molecular flexibility index (Phi) is 2.67. The summed E-state index contributed by atoms with van der Waals surface area (Å²) in [6.45, 7) is 1.70. The van der Waals surface area contributed by atoms with E-state index < -0.39 is 0 Å². The van der Waals surface area contributed by atoms with Gasteiger partial charge in [-0.2, -0.15) is 0 Å². The molecule has 2 rings (SSSR count). The molecule has 0 aliphatic carbocycles. The summed E-state index contributed by atoms with van der Waals surface area (Å²) >= 11 is 6.03. The van der Waals surface area contributed by atoms with Gasteiger partial charge in [0.2, 0.25) is 0 Å². The van der Waals surface area contributed by atoms with Gasteiger partial charge in [-0.1, -0.05) is 17.5 Å². The maximum atomic E-state index is 12.0. The Morgan fingerprint density at radius 1 is 1.44 bits per heavy atom. The molecule has 0 spiro atoms. The molecule has 80 valence electrons. The highest BCUT2D eigenvalue weighted by Gasteiger charge is 2.09. The van der Waals surface area contributed by atoms with Gasteiger partial charge in [0.1, 0.15) is 0 Å². The molecule has 1 heterocycles. The molecule has 0 saturated carbocycles. The molecule has 0 fully saturated rings. The zero-order valence-electron chi connectivity index (χ0n) is 8.91. The van der Waals surface area contributed by atoms with Gasteiger partial charge in [-0.25, -0.2) is 4.98 Å². The highest BCUT2D eigenvalue weighted by Crippen LogP contribution is 2.21. The van der Waals surface area contributed by atoms with Crippen LogP contribution in [0.25, 0.3) is 10.9 Å². The molecule has 0 saturated heterocycles. The predicted octanol–water partition coefficient (Wildman–Crippen LogP) is 1.96. The summed E-state index contributed by atoms with van der Waals surface area (Å²) in [4.78, 5) is 16.1. The van der Waals surface area contributed by atoms with Gasteiger partial charge in [-0.3, -0.25) is 4.79 Å². The summed E-state index contributed by atoms with van der Waals surface area (Å²) in [5.41, 5.74) is 1.03. The summed E-state index contributed by atoms with van der Waals surface area (Å²) in [7, 11) is 1.65. The Morgan fingerprint density at radius 3 is 2.88 bits per heavy atom. The van der Waals surface area contributed by atoms with Crippen LogP contribution in [0.4, 0.5) is 0 Å². The van der Waals surface area contributed by atoms with Crippen molar-refractivity contribution in [3.63, 3.8) is 0 Å². The van der Waals surface area contributed by atoms with Crippen molar-refractivity contribution in [3.8, 4) is 11.8 Å². The van der Waals surface area contributed by atoms with Gasteiger partial charge in [0.05, 0.1) is 27.8 Å². The lowest BCUT2D eigenvalue weighted by Crippen LogP contribution is -2.18. The van der Waals surface area contributed by atoms with Gasteiger partial charge in [0, 0.05) is 7.05 Å². The zero-order chi connectivity index (χ0) is 11.7. The van der Waals surface area contributed by atoms with E-state index in [-0.39, 0.29) is 5.56 Å². The zero-order valence-corrected chi connectivity index (χ0v) is 9.67. The molecule has 0 unspecified atom stereocenters. The molecule has 1 aromatic heterocycles. The van der Waals surface area contributed by atoms with Crippen LogP contribution in [0.3, 0.4) is 0 Å². The number of aryl methyl sites for hydroxylation is 1. The second kappa shape index (κ2) is 3.99. The van der Waals surface area contributed by atoms with E-state index in [4.69, 9.17) is 11.6 Å². The molecule has 0 aliphatic rings. The molecule has 0 amide bonds. The fraction of sp³-hybridized carbons (Fsp3) is 0.167. The van der Waals surface area contributed by atoms with E-state index >= 15 is 0 Å². The van der Waals surface area contributed by atoms with Gasteiger partial charge in [-0.15, -0.1) is 5.92 Å². The monoisotopic (exact) mass is 232 g/mol. The minimum Gasteiger partial charge on any atom is -0.302 e. The highest BCUT2D eigenvalue weighted by molar-refractivity contribution is 6.32. The van der Waals surface area contributed by atoms with E-state index in [0.717, 1.165) is 0 Å². The summed E-state index contributed by atoms with van der Waals surface area (Å²) in [6.07, 6.45) is 1.49. The molecule has 0 bridgehead atoms. The molecule has 0 radical (unpaired) electrons. The van der Waals surface area contributed by atoms with Gasteiger partial charge in [-0.05, 0) is 19.1 Å². The van der Waals surface area contributed by atoms with E-state index in [1.165, 1.54) is 10.9 Å². The number of hydrogen-bond acceptors (Lipinski definition) is 2. The van der Waals surface area contributed by atoms with Crippen molar-refractivity contribution in [2.24, 2.45) is 7.05 Å². The van der Waals surface area contributed by atoms with E-state index in [1.807, 2.05) is 0 Å². The quantitative estimate of drug-likeness (QED) is 0.651. The van der Waals surface area contributed by atoms with E-state index in [0.29, 0.717) is 21.5 Å². The largest absolute Gasteiger partial charge is 0.302 e. The fourth-order valence-electron chi connectivity index (χ4n) is 1.52. The third-order valence-corrected chi connectivity index (χ3v) is 2.60. The molecule has 16 heavy (non-hydrogen) atoms. The Bertz CT molecular complexity index is 672. The normalized spacial score (nSPS) is 9.94. The lowest BCUT2D eigenvalue weighted by atomic mass is 10.1. The highest BCUT2D eigenvalue weighted by atomic mass is 35.5. The van der Waals surface area contributed by atoms with Crippen LogP contribution in [-0.2, 0) is 7.05 Å². The molecule has 0 atom stereocenters. The number of benzene rings is 1. The molecular formula is C12H9ClN2O. The van der Waals surface area contributed by atoms with Crippen molar-refractivity contribution < 1.29 is 0 Å². The van der Waals surface area contributed by atoms with E-state index in [1.54, 1.807) is 26.1 Å². The van der Waals surface area contributed by atoms with Gasteiger partial charge < -0.3 is 4.57 Å². The summed E-state index contributed by atoms with van der Waals surface area (Å²) in [5.74, 6) is 5.60.